The quantitative estimate of drug-likeness (QED) is 0.708. The zero-order valence-electron chi connectivity index (χ0n) is 16.3. The molecule has 1 aliphatic heterocycles. The summed E-state index contributed by atoms with van der Waals surface area (Å²) in [4.78, 5) is 26.7. The fourth-order valence-electron chi connectivity index (χ4n) is 3.69. The Bertz CT molecular complexity index is 888. The monoisotopic (exact) mass is 412 g/mol. The van der Waals surface area contributed by atoms with Crippen molar-refractivity contribution in [3.05, 3.63) is 41.5 Å². The number of aromatic nitrogens is 3. The number of hydrogen-bond donors (Lipinski definition) is 0. The highest BCUT2D eigenvalue weighted by Crippen LogP contribution is 2.32. The number of alkyl halides is 3. The summed E-state index contributed by atoms with van der Waals surface area (Å²) in [6.45, 7) is 0.524. The fraction of sp³-hybridized carbons (Fsp3) is 0.526. The van der Waals surface area contributed by atoms with Crippen LogP contribution in [0, 0.1) is 0 Å². The SMILES string of the molecule is Cn1cccc1C(=O)N1CCCC[C@H]1CCOC(=O)c1cnn(C)c1C(F)(F)F. The molecule has 7 nitrogen and oxygen atoms in total. The first-order valence-corrected chi connectivity index (χ1v) is 9.38. The number of carbonyl (C=O) groups is 2. The Morgan fingerprint density at radius 2 is 2.03 bits per heavy atom. The number of ether oxygens (including phenoxy) is 1. The molecule has 0 bridgehead atoms. The number of halogens is 3. The second kappa shape index (κ2) is 8.30. The Hall–Kier alpha value is -2.78. The normalized spacial score (nSPS) is 17.4. The van der Waals surface area contributed by atoms with Crippen molar-refractivity contribution in [2.45, 2.75) is 37.9 Å². The topological polar surface area (TPSA) is 69.4 Å². The van der Waals surface area contributed by atoms with Crippen LogP contribution in [0.5, 0.6) is 0 Å². The van der Waals surface area contributed by atoms with Crippen LogP contribution in [0.1, 0.15) is 52.2 Å². The van der Waals surface area contributed by atoms with Crippen LogP contribution in [0.2, 0.25) is 0 Å². The standard InChI is InChI=1S/C19H23F3N4O3/c1-24-9-5-7-15(24)17(27)26-10-4-3-6-13(26)8-11-29-18(28)14-12-23-25(2)16(14)19(20,21)22/h5,7,9,12-13H,3-4,6,8,10-11H2,1-2H3/t13-/m0/s1. The molecular weight excluding hydrogens is 389 g/mol. The molecule has 3 heterocycles. The zero-order chi connectivity index (χ0) is 21.2. The molecule has 2 aromatic heterocycles. The lowest BCUT2D eigenvalue weighted by Gasteiger charge is -2.35. The predicted molar refractivity (Wildman–Crippen MR) is 97.2 cm³/mol. The molecular formula is C19H23F3N4O3. The first kappa shape index (κ1) is 20.9. The van der Waals surface area contributed by atoms with Gasteiger partial charge in [0, 0.05) is 39.3 Å². The van der Waals surface area contributed by atoms with Gasteiger partial charge in [-0.15, -0.1) is 0 Å². The highest BCUT2D eigenvalue weighted by Gasteiger charge is 2.40. The first-order valence-electron chi connectivity index (χ1n) is 9.38. The van der Waals surface area contributed by atoms with Crippen LogP contribution in [0.25, 0.3) is 0 Å². The third-order valence-electron chi connectivity index (χ3n) is 5.16. The highest BCUT2D eigenvalue weighted by molar-refractivity contribution is 5.93. The van der Waals surface area contributed by atoms with Gasteiger partial charge >= 0.3 is 12.1 Å². The van der Waals surface area contributed by atoms with Crippen molar-refractivity contribution in [2.75, 3.05) is 13.2 Å². The number of hydrogen-bond acceptors (Lipinski definition) is 4. The number of likely N-dealkylation sites (tertiary alicyclic amines) is 1. The van der Waals surface area contributed by atoms with E-state index in [-0.39, 0.29) is 18.6 Å². The van der Waals surface area contributed by atoms with Crippen LogP contribution in [0.3, 0.4) is 0 Å². The second-order valence-corrected chi connectivity index (χ2v) is 7.11. The minimum absolute atomic E-state index is 0.0768. The summed E-state index contributed by atoms with van der Waals surface area (Å²) in [6, 6.07) is 3.41. The van der Waals surface area contributed by atoms with Crippen LogP contribution in [-0.2, 0) is 25.0 Å². The van der Waals surface area contributed by atoms with Gasteiger partial charge in [-0.25, -0.2) is 4.79 Å². The minimum Gasteiger partial charge on any atom is -0.462 e. The van der Waals surface area contributed by atoms with E-state index in [4.69, 9.17) is 4.74 Å². The Morgan fingerprint density at radius 1 is 1.28 bits per heavy atom. The third kappa shape index (κ3) is 4.46. The third-order valence-corrected chi connectivity index (χ3v) is 5.16. The van der Waals surface area contributed by atoms with E-state index in [2.05, 4.69) is 5.10 Å². The van der Waals surface area contributed by atoms with Crippen molar-refractivity contribution in [2.24, 2.45) is 14.1 Å². The lowest BCUT2D eigenvalue weighted by atomic mass is 9.99. The average Bonchev–Trinajstić information content (AvgIpc) is 3.26. The molecule has 10 heteroatoms. The molecule has 29 heavy (non-hydrogen) atoms. The molecule has 1 fully saturated rings. The van der Waals surface area contributed by atoms with Crippen molar-refractivity contribution in [3.8, 4) is 0 Å². The summed E-state index contributed by atoms with van der Waals surface area (Å²) in [5, 5.41) is 3.51. The summed E-state index contributed by atoms with van der Waals surface area (Å²) in [5.74, 6) is -1.17. The van der Waals surface area contributed by atoms with Gasteiger partial charge in [-0.05, 0) is 31.4 Å². The molecule has 2 aromatic rings. The number of rotatable bonds is 5. The van der Waals surface area contributed by atoms with Crippen LogP contribution < -0.4 is 0 Å². The molecule has 0 radical (unpaired) electrons. The van der Waals surface area contributed by atoms with E-state index in [9.17, 15) is 22.8 Å². The summed E-state index contributed by atoms with van der Waals surface area (Å²) in [5.41, 5.74) is -1.18. The van der Waals surface area contributed by atoms with Gasteiger partial charge < -0.3 is 14.2 Å². The van der Waals surface area contributed by atoms with E-state index >= 15 is 0 Å². The van der Waals surface area contributed by atoms with Crippen molar-refractivity contribution in [1.29, 1.82) is 0 Å². The van der Waals surface area contributed by atoms with Gasteiger partial charge in [0.1, 0.15) is 11.3 Å². The number of aryl methyl sites for hydroxylation is 2. The largest absolute Gasteiger partial charge is 0.462 e. The zero-order valence-corrected chi connectivity index (χ0v) is 16.3. The van der Waals surface area contributed by atoms with E-state index in [0.29, 0.717) is 23.3 Å². The molecule has 0 saturated carbocycles. The van der Waals surface area contributed by atoms with Gasteiger partial charge in [-0.3, -0.25) is 9.48 Å². The molecule has 1 atom stereocenters. The Morgan fingerprint density at radius 3 is 2.69 bits per heavy atom. The van der Waals surface area contributed by atoms with Crippen molar-refractivity contribution < 1.29 is 27.5 Å². The molecule has 158 valence electrons. The molecule has 3 rings (SSSR count). The molecule has 0 unspecified atom stereocenters. The smallest absolute Gasteiger partial charge is 0.433 e. The maximum absolute atomic E-state index is 13.1. The fourth-order valence-corrected chi connectivity index (χ4v) is 3.69. The van der Waals surface area contributed by atoms with Gasteiger partial charge in [0.05, 0.1) is 12.8 Å². The summed E-state index contributed by atoms with van der Waals surface area (Å²) >= 11 is 0. The second-order valence-electron chi connectivity index (χ2n) is 7.11. The molecule has 1 aliphatic rings. The minimum atomic E-state index is -4.71. The van der Waals surface area contributed by atoms with E-state index in [1.807, 2.05) is 0 Å². The van der Waals surface area contributed by atoms with Gasteiger partial charge in [0.25, 0.3) is 5.91 Å². The van der Waals surface area contributed by atoms with Crippen LogP contribution in [0.4, 0.5) is 13.2 Å². The van der Waals surface area contributed by atoms with Gasteiger partial charge in [0.2, 0.25) is 0 Å². The maximum Gasteiger partial charge on any atom is 0.433 e. The molecule has 0 N–H and O–H groups in total. The number of esters is 1. The summed E-state index contributed by atoms with van der Waals surface area (Å²) in [6.07, 6.45) is 0.893. The molecule has 0 spiro atoms. The van der Waals surface area contributed by atoms with Crippen LogP contribution in [-0.4, -0.2) is 50.3 Å². The average molecular weight is 412 g/mol. The van der Waals surface area contributed by atoms with Gasteiger partial charge in [-0.1, -0.05) is 0 Å². The van der Waals surface area contributed by atoms with Gasteiger partial charge in [0.15, 0.2) is 5.69 Å². The first-order chi connectivity index (χ1) is 13.7. The van der Waals surface area contributed by atoms with Crippen LogP contribution in [0.15, 0.2) is 24.5 Å². The van der Waals surface area contributed by atoms with E-state index in [1.165, 1.54) is 0 Å². The van der Waals surface area contributed by atoms with E-state index in [1.54, 1.807) is 34.8 Å². The lowest BCUT2D eigenvalue weighted by molar-refractivity contribution is -0.144. The number of nitrogens with zero attached hydrogens (tertiary/aromatic N) is 4. The Kier molecular flexibility index (Phi) is 5.99. The van der Waals surface area contributed by atoms with Crippen molar-refractivity contribution in [3.63, 3.8) is 0 Å². The van der Waals surface area contributed by atoms with E-state index < -0.39 is 23.4 Å². The number of carbonyl (C=O) groups excluding carboxylic acids is 2. The molecule has 1 amide bonds. The van der Waals surface area contributed by atoms with Crippen molar-refractivity contribution >= 4 is 11.9 Å². The lowest BCUT2D eigenvalue weighted by Crippen LogP contribution is -2.44. The number of amides is 1. The Labute approximate surface area is 166 Å². The summed E-state index contributed by atoms with van der Waals surface area (Å²) in [7, 11) is 2.91. The predicted octanol–water partition coefficient (Wildman–Crippen LogP) is 3.02. The maximum atomic E-state index is 13.1. The van der Waals surface area contributed by atoms with Gasteiger partial charge in [-0.2, -0.15) is 18.3 Å². The van der Waals surface area contributed by atoms with E-state index in [0.717, 1.165) is 32.5 Å². The molecule has 0 aliphatic carbocycles. The van der Waals surface area contributed by atoms with Crippen molar-refractivity contribution in [1.82, 2.24) is 19.2 Å². The highest BCUT2D eigenvalue weighted by atomic mass is 19.4. The Balaban J connectivity index is 1.62. The van der Waals surface area contributed by atoms with Crippen LogP contribution >= 0.6 is 0 Å². The molecule has 0 aromatic carbocycles. The molecule has 1 saturated heterocycles. The summed E-state index contributed by atoms with van der Waals surface area (Å²) < 4.78 is 46.8. The number of piperidine rings is 1.